The summed E-state index contributed by atoms with van der Waals surface area (Å²) in [5.74, 6) is 0.271. The van der Waals surface area contributed by atoms with Gasteiger partial charge < -0.3 is 16.0 Å². The molecule has 61 heavy (non-hydrogen) atoms. The summed E-state index contributed by atoms with van der Waals surface area (Å²) >= 11 is 2.88. The van der Waals surface area contributed by atoms with Crippen LogP contribution in [0.25, 0.3) is 53.1 Å². The summed E-state index contributed by atoms with van der Waals surface area (Å²) in [6.45, 7) is 4.76. The highest BCUT2D eigenvalue weighted by Gasteiger charge is 2.16. The second-order valence-corrected chi connectivity index (χ2v) is 15.8. The van der Waals surface area contributed by atoms with E-state index >= 15 is 0 Å². The highest BCUT2D eigenvalue weighted by atomic mass is 32.1. The summed E-state index contributed by atoms with van der Waals surface area (Å²) in [7, 11) is 0. The van der Waals surface area contributed by atoms with Gasteiger partial charge in [0.15, 0.2) is 5.82 Å². The molecule has 0 atom stereocenters. The lowest BCUT2D eigenvalue weighted by atomic mass is 10.1. The van der Waals surface area contributed by atoms with Gasteiger partial charge in [0.25, 0.3) is 5.91 Å². The van der Waals surface area contributed by atoms with Crippen LogP contribution < -0.4 is 32.5 Å². The number of H-pyrrole nitrogens is 1. The number of benzene rings is 4. The molecule has 0 saturated heterocycles. The fourth-order valence-electron chi connectivity index (χ4n) is 6.59. The number of pyridine rings is 2. The van der Waals surface area contributed by atoms with Crippen LogP contribution in [-0.2, 0) is 6.54 Å². The van der Waals surface area contributed by atoms with Crippen LogP contribution in [0.4, 0.5) is 27.5 Å². The third-order valence-electron chi connectivity index (χ3n) is 9.58. The molecule has 0 aliphatic carbocycles. The Morgan fingerprint density at radius 1 is 0.639 bits per heavy atom. The lowest BCUT2D eigenvalue weighted by Crippen LogP contribution is -2.46. The van der Waals surface area contributed by atoms with Crippen molar-refractivity contribution in [3.05, 3.63) is 161 Å². The van der Waals surface area contributed by atoms with E-state index in [1.165, 1.54) is 22.5 Å². The number of hydrazine groups is 1. The Balaban J connectivity index is 0.000000168. The topological polar surface area (TPSA) is 171 Å². The molecule has 0 radical (unpaired) electrons. The average molecular weight is 845 g/mol. The lowest BCUT2D eigenvalue weighted by Gasteiger charge is -2.08. The predicted octanol–water partition coefficient (Wildman–Crippen LogP) is 9.95. The van der Waals surface area contributed by atoms with Crippen LogP contribution in [0.15, 0.2) is 151 Å². The molecule has 0 aliphatic rings. The van der Waals surface area contributed by atoms with Crippen molar-refractivity contribution in [2.45, 2.75) is 20.4 Å². The maximum Gasteiger partial charge on any atom is 0.343 e. The molecule has 4 aromatic carbocycles. The number of carbonyl (C=O) groups excluding carboxylic acids is 2. The van der Waals surface area contributed by atoms with E-state index in [1.807, 2.05) is 67.8 Å². The van der Waals surface area contributed by atoms with Crippen LogP contribution in [0.5, 0.6) is 0 Å². The van der Waals surface area contributed by atoms with E-state index in [9.17, 15) is 14.4 Å². The number of aromatic amines is 1. The molecular formula is C46H40N10O3S2. The Bertz CT molecular complexity index is 2980. The molecule has 0 unspecified atom stereocenters. The van der Waals surface area contributed by atoms with Gasteiger partial charge in [-0.2, -0.15) is 5.10 Å². The van der Waals surface area contributed by atoms with Gasteiger partial charge in [-0.15, -0.1) is 22.7 Å². The summed E-state index contributed by atoms with van der Waals surface area (Å²) < 4.78 is 3.54. The Hall–Kier alpha value is -7.62. The molecular weight excluding hydrogens is 805 g/mol. The number of urea groups is 1. The molecule has 9 rings (SSSR count). The minimum absolute atomic E-state index is 0.195. The number of anilines is 4. The van der Waals surface area contributed by atoms with Crippen molar-refractivity contribution in [1.82, 2.24) is 40.9 Å². The zero-order valence-corrected chi connectivity index (χ0v) is 34.7. The Kier molecular flexibility index (Phi) is 12.2. The largest absolute Gasteiger partial charge is 0.354 e. The fourth-order valence-corrected chi connectivity index (χ4v) is 8.59. The van der Waals surface area contributed by atoms with E-state index in [2.05, 4.69) is 114 Å². The standard InChI is InChI=1S/C23H21N5O2S.C23H19N5OS/c1-2-25-23(30)28-27-22(29)20-12-18-19(13-24-14-21(18)31-20)26-17-10-8-16(9-11-17)15-6-4-3-5-7-15;1-2-28-22(26-27-23(28)29)20-12-18-19(13-24-14-21(18)30-20)25-17-10-8-16(9-11-17)15-6-4-3-5-7-15/h3-14,26H,2H2,1H3,(H,27,29)(H2,25,28,30);3-14,25H,2H2,1H3,(H,27,29). The smallest absolute Gasteiger partial charge is 0.343 e. The van der Waals surface area contributed by atoms with E-state index in [0.29, 0.717) is 23.8 Å². The highest BCUT2D eigenvalue weighted by molar-refractivity contribution is 7.22. The highest BCUT2D eigenvalue weighted by Crippen LogP contribution is 2.37. The van der Waals surface area contributed by atoms with Gasteiger partial charge in [-0.3, -0.25) is 24.8 Å². The maximum atomic E-state index is 12.4. The van der Waals surface area contributed by atoms with Gasteiger partial charge in [0.1, 0.15) is 0 Å². The quantitative estimate of drug-likeness (QED) is 0.0739. The number of hydrogen-bond acceptors (Lipinski definition) is 10. The Labute approximate surface area is 358 Å². The monoisotopic (exact) mass is 844 g/mol. The lowest BCUT2D eigenvalue weighted by molar-refractivity contribution is 0.0940. The molecule has 5 aromatic heterocycles. The SMILES string of the molecule is CCNC(=O)NNC(=O)c1cc2c(Nc3ccc(-c4ccccc4)cc3)cncc2s1.CCn1c(-c2cc3c(Nc4ccc(-c5ccccc5)cc4)cncc3s2)n[nH]c1=O. The van der Waals surface area contributed by atoms with Gasteiger partial charge in [-0.25, -0.2) is 20.1 Å². The van der Waals surface area contributed by atoms with Crippen LogP contribution in [0.1, 0.15) is 23.5 Å². The number of carbonyl (C=O) groups is 2. The minimum Gasteiger partial charge on any atom is -0.354 e. The summed E-state index contributed by atoms with van der Waals surface area (Å²) in [4.78, 5) is 45.8. The van der Waals surface area contributed by atoms with Gasteiger partial charge in [0.2, 0.25) is 0 Å². The zero-order valence-electron chi connectivity index (χ0n) is 33.1. The first-order chi connectivity index (χ1) is 29.9. The molecule has 304 valence electrons. The van der Waals surface area contributed by atoms with Crippen molar-refractivity contribution in [1.29, 1.82) is 0 Å². The summed E-state index contributed by atoms with van der Waals surface area (Å²) in [6, 6.07) is 40.4. The number of thiophene rings is 2. The van der Waals surface area contributed by atoms with Gasteiger partial charge in [0, 0.05) is 47.6 Å². The van der Waals surface area contributed by atoms with Gasteiger partial charge in [-0.05, 0) is 72.5 Å². The van der Waals surface area contributed by atoms with Crippen LogP contribution in [-0.4, -0.2) is 43.2 Å². The number of aromatic nitrogens is 5. The molecule has 6 N–H and O–H groups in total. The second-order valence-electron chi connectivity index (χ2n) is 13.6. The first kappa shape index (κ1) is 40.2. The summed E-state index contributed by atoms with van der Waals surface area (Å²) in [5, 5.41) is 18.1. The third kappa shape index (κ3) is 9.33. The molecule has 13 nitrogen and oxygen atoms in total. The van der Waals surface area contributed by atoms with Crippen molar-refractivity contribution < 1.29 is 9.59 Å². The molecule has 0 saturated carbocycles. The van der Waals surface area contributed by atoms with Crippen LogP contribution in [0, 0.1) is 0 Å². The molecule has 9 aromatic rings. The zero-order chi connectivity index (χ0) is 42.1. The molecule has 5 heterocycles. The van der Waals surface area contributed by atoms with E-state index in [-0.39, 0.29) is 11.6 Å². The van der Waals surface area contributed by atoms with Crippen molar-refractivity contribution in [3.8, 4) is 33.0 Å². The summed E-state index contributed by atoms with van der Waals surface area (Å²) in [5.41, 5.74) is 12.8. The van der Waals surface area contributed by atoms with Gasteiger partial charge >= 0.3 is 11.7 Å². The van der Waals surface area contributed by atoms with E-state index in [1.54, 1.807) is 41.3 Å². The third-order valence-corrected chi connectivity index (χ3v) is 11.7. The van der Waals surface area contributed by atoms with Crippen LogP contribution >= 0.6 is 22.7 Å². The van der Waals surface area contributed by atoms with Crippen LogP contribution in [0.3, 0.4) is 0 Å². The number of amides is 3. The first-order valence-electron chi connectivity index (χ1n) is 19.5. The maximum absolute atomic E-state index is 12.4. The number of rotatable bonds is 10. The van der Waals surface area contributed by atoms with Gasteiger partial charge in [0.05, 0.1) is 42.9 Å². The van der Waals surface area contributed by atoms with Crippen molar-refractivity contribution in [2.75, 3.05) is 17.2 Å². The number of hydrogen-bond donors (Lipinski definition) is 6. The molecule has 0 fully saturated rings. The van der Waals surface area contributed by atoms with E-state index < -0.39 is 6.03 Å². The normalized spacial score (nSPS) is 10.8. The summed E-state index contributed by atoms with van der Waals surface area (Å²) in [6.07, 6.45) is 7.11. The van der Waals surface area contributed by atoms with E-state index in [4.69, 9.17) is 0 Å². The molecule has 15 heteroatoms. The Morgan fingerprint density at radius 2 is 1.16 bits per heavy atom. The second kappa shape index (κ2) is 18.5. The first-order valence-corrected chi connectivity index (χ1v) is 21.1. The number of fused-ring (bicyclic) bond motifs is 2. The fraction of sp³-hybridized carbons (Fsp3) is 0.0870. The van der Waals surface area contributed by atoms with E-state index in [0.717, 1.165) is 58.9 Å². The predicted molar refractivity (Wildman–Crippen MR) is 247 cm³/mol. The van der Waals surface area contributed by atoms with Crippen LogP contribution in [0.2, 0.25) is 0 Å². The van der Waals surface area contributed by atoms with Crippen molar-refractivity contribution in [2.24, 2.45) is 0 Å². The number of nitrogens with one attached hydrogen (secondary N) is 6. The molecule has 0 aliphatic heterocycles. The Morgan fingerprint density at radius 3 is 1.70 bits per heavy atom. The molecule has 3 amide bonds. The van der Waals surface area contributed by atoms with Crippen molar-refractivity contribution in [3.63, 3.8) is 0 Å². The minimum atomic E-state index is -0.458. The number of nitrogens with zero attached hydrogens (tertiary/aromatic N) is 4. The average Bonchev–Trinajstić information content (AvgIpc) is 4.04. The van der Waals surface area contributed by atoms with Crippen molar-refractivity contribution >= 4 is 77.5 Å². The molecule has 0 spiro atoms. The van der Waals surface area contributed by atoms with Gasteiger partial charge in [-0.1, -0.05) is 84.9 Å². The molecule has 0 bridgehead atoms.